The zero-order valence-electron chi connectivity index (χ0n) is 14.1. The number of anilines is 1. The number of carbonyl (C=O) groups excluding carboxylic acids is 1. The number of nitrogens with one attached hydrogen (secondary N) is 2. The summed E-state index contributed by atoms with van der Waals surface area (Å²) in [6.45, 7) is 6.65. The molecule has 3 rings (SSSR count). The molecule has 24 heavy (non-hydrogen) atoms. The number of ether oxygens (including phenoxy) is 1. The van der Waals surface area contributed by atoms with Gasteiger partial charge in [-0.15, -0.1) is 5.10 Å². The van der Waals surface area contributed by atoms with Crippen molar-refractivity contribution in [2.24, 2.45) is 0 Å². The predicted octanol–water partition coefficient (Wildman–Crippen LogP) is 0.819. The SMILES string of the molecule is CC(C)(C)NC(=O)c1ccc2cnc(N[C@@H]3CCOC[C@H]3O)nn12. The summed E-state index contributed by atoms with van der Waals surface area (Å²) in [6.07, 6.45) is 1.71. The number of fused-ring (bicyclic) bond motifs is 1. The summed E-state index contributed by atoms with van der Waals surface area (Å²) in [6, 6.07) is 3.35. The van der Waals surface area contributed by atoms with Crippen molar-refractivity contribution in [1.82, 2.24) is 19.9 Å². The minimum absolute atomic E-state index is 0.168. The number of carbonyl (C=O) groups is 1. The fourth-order valence-electron chi connectivity index (χ4n) is 2.60. The maximum absolute atomic E-state index is 12.4. The molecule has 1 amide bonds. The van der Waals surface area contributed by atoms with Gasteiger partial charge in [-0.05, 0) is 39.3 Å². The minimum atomic E-state index is -0.605. The normalized spacial score (nSPS) is 21.7. The molecular formula is C16H23N5O3. The van der Waals surface area contributed by atoms with Crippen LogP contribution in [0.15, 0.2) is 18.3 Å². The number of hydrogen-bond acceptors (Lipinski definition) is 6. The summed E-state index contributed by atoms with van der Waals surface area (Å²) in [4.78, 5) is 16.7. The number of amides is 1. The van der Waals surface area contributed by atoms with Crippen LogP contribution in [0.2, 0.25) is 0 Å². The number of hydrogen-bond donors (Lipinski definition) is 3. The second-order valence-electron chi connectivity index (χ2n) is 7.02. The van der Waals surface area contributed by atoms with Crippen LogP contribution < -0.4 is 10.6 Å². The van der Waals surface area contributed by atoms with E-state index in [2.05, 4.69) is 20.7 Å². The fraction of sp³-hybridized carbons (Fsp3) is 0.562. The Morgan fingerprint density at radius 3 is 2.92 bits per heavy atom. The predicted molar refractivity (Wildman–Crippen MR) is 89.1 cm³/mol. The van der Waals surface area contributed by atoms with E-state index in [-0.39, 0.29) is 17.5 Å². The number of aliphatic hydroxyl groups excluding tert-OH is 1. The molecule has 2 aromatic heterocycles. The Bertz CT molecular complexity index is 737. The maximum atomic E-state index is 12.4. The molecule has 0 aliphatic carbocycles. The number of rotatable bonds is 3. The molecule has 0 saturated carbocycles. The van der Waals surface area contributed by atoms with Crippen molar-refractivity contribution in [1.29, 1.82) is 0 Å². The number of nitrogens with zero attached hydrogens (tertiary/aromatic N) is 3. The van der Waals surface area contributed by atoms with E-state index in [1.54, 1.807) is 22.8 Å². The second-order valence-corrected chi connectivity index (χ2v) is 7.02. The molecule has 8 nitrogen and oxygen atoms in total. The van der Waals surface area contributed by atoms with Crippen molar-refractivity contribution < 1.29 is 14.6 Å². The lowest BCUT2D eigenvalue weighted by atomic mass is 10.1. The first-order valence-corrected chi connectivity index (χ1v) is 8.03. The maximum Gasteiger partial charge on any atom is 0.270 e. The molecule has 3 N–H and O–H groups in total. The van der Waals surface area contributed by atoms with Gasteiger partial charge in [0.1, 0.15) is 5.69 Å². The van der Waals surface area contributed by atoms with Crippen LogP contribution in [0, 0.1) is 0 Å². The van der Waals surface area contributed by atoms with Gasteiger partial charge < -0.3 is 20.5 Å². The Morgan fingerprint density at radius 1 is 1.42 bits per heavy atom. The summed E-state index contributed by atoms with van der Waals surface area (Å²) in [5.74, 6) is 0.174. The van der Waals surface area contributed by atoms with Crippen LogP contribution in [0.5, 0.6) is 0 Å². The van der Waals surface area contributed by atoms with Crippen LogP contribution in [-0.2, 0) is 4.74 Å². The Hall–Kier alpha value is -2.19. The lowest BCUT2D eigenvalue weighted by Crippen LogP contribution is -2.42. The van der Waals surface area contributed by atoms with E-state index in [1.165, 1.54) is 0 Å². The summed E-state index contributed by atoms with van der Waals surface area (Å²) >= 11 is 0. The Kier molecular flexibility index (Phi) is 4.42. The Morgan fingerprint density at radius 2 is 2.21 bits per heavy atom. The molecule has 3 heterocycles. The van der Waals surface area contributed by atoms with E-state index in [4.69, 9.17) is 4.74 Å². The topological polar surface area (TPSA) is 101 Å². The van der Waals surface area contributed by atoms with Gasteiger partial charge in [-0.1, -0.05) is 0 Å². The summed E-state index contributed by atoms with van der Waals surface area (Å²) in [7, 11) is 0. The Balaban J connectivity index is 1.84. The first-order chi connectivity index (χ1) is 11.3. The summed E-state index contributed by atoms with van der Waals surface area (Å²) < 4.78 is 6.77. The highest BCUT2D eigenvalue weighted by atomic mass is 16.5. The van der Waals surface area contributed by atoms with Gasteiger partial charge in [-0.3, -0.25) is 4.79 Å². The van der Waals surface area contributed by atoms with Gasteiger partial charge in [-0.25, -0.2) is 9.50 Å². The highest BCUT2D eigenvalue weighted by molar-refractivity contribution is 5.94. The first kappa shape index (κ1) is 16.7. The quantitative estimate of drug-likeness (QED) is 0.769. The first-order valence-electron chi connectivity index (χ1n) is 8.03. The van der Waals surface area contributed by atoms with Crippen LogP contribution >= 0.6 is 0 Å². The molecule has 1 aliphatic heterocycles. The van der Waals surface area contributed by atoms with Gasteiger partial charge >= 0.3 is 0 Å². The van der Waals surface area contributed by atoms with E-state index >= 15 is 0 Å². The smallest absolute Gasteiger partial charge is 0.270 e. The third-order valence-electron chi connectivity index (χ3n) is 3.76. The highest BCUT2D eigenvalue weighted by Gasteiger charge is 2.25. The van der Waals surface area contributed by atoms with Crippen LogP contribution in [-0.4, -0.2) is 56.5 Å². The molecule has 0 unspecified atom stereocenters. The van der Waals surface area contributed by atoms with Crippen molar-refractivity contribution in [2.45, 2.75) is 44.9 Å². The van der Waals surface area contributed by atoms with Crippen molar-refractivity contribution in [2.75, 3.05) is 18.5 Å². The molecular weight excluding hydrogens is 310 g/mol. The third-order valence-corrected chi connectivity index (χ3v) is 3.76. The molecule has 130 valence electrons. The lowest BCUT2D eigenvalue weighted by molar-refractivity contribution is -0.0136. The second kappa shape index (κ2) is 6.37. The molecule has 2 aromatic rings. The lowest BCUT2D eigenvalue weighted by Gasteiger charge is -2.28. The minimum Gasteiger partial charge on any atom is -0.389 e. The third kappa shape index (κ3) is 3.65. The van der Waals surface area contributed by atoms with E-state index in [1.807, 2.05) is 20.8 Å². The monoisotopic (exact) mass is 333 g/mol. The molecule has 0 aromatic carbocycles. The highest BCUT2D eigenvalue weighted by Crippen LogP contribution is 2.15. The largest absolute Gasteiger partial charge is 0.389 e. The van der Waals surface area contributed by atoms with Gasteiger partial charge in [0.15, 0.2) is 0 Å². The van der Waals surface area contributed by atoms with Crippen LogP contribution in [0.1, 0.15) is 37.7 Å². The standard InChI is InChI=1S/C16H23N5O3/c1-16(2,3)19-14(23)12-5-4-10-8-17-15(20-21(10)12)18-11-6-7-24-9-13(11)22/h4-5,8,11,13,22H,6-7,9H2,1-3H3,(H,18,20)(H,19,23)/t11-,13-/m1/s1. The summed E-state index contributed by atoms with van der Waals surface area (Å²) in [5, 5.41) is 20.4. The zero-order valence-corrected chi connectivity index (χ0v) is 14.1. The van der Waals surface area contributed by atoms with Crippen molar-refractivity contribution in [3.8, 4) is 0 Å². The van der Waals surface area contributed by atoms with Gasteiger partial charge in [0.05, 0.1) is 30.5 Å². The van der Waals surface area contributed by atoms with Crippen molar-refractivity contribution in [3.63, 3.8) is 0 Å². The van der Waals surface area contributed by atoms with E-state index in [0.717, 1.165) is 5.52 Å². The van der Waals surface area contributed by atoms with Crippen LogP contribution in [0.25, 0.3) is 5.52 Å². The van der Waals surface area contributed by atoms with Crippen LogP contribution in [0.4, 0.5) is 5.95 Å². The molecule has 0 spiro atoms. The molecule has 1 aliphatic rings. The van der Waals surface area contributed by atoms with Gasteiger partial charge in [-0.2, -0.15) is 0 Å². The van der Waals surface area contributed by atoms with Crippen molar-refractivity contribution in [3.05, 3.63) is 24.0 Å². The van der Waals surface area contributed by atoms with Gasteiger partial charge in [0.2, 0.25) is 5.95 Å². The molecule has 1 saturated heterocycles. The molecule has 1 fully saturated rings. The van der Waals surface area contributed by atoms with E-state index < -0.39 is 6.10 Å². The van der Waals surface area contributed by atoms with E-state index in [0.29, 0.717) is 31.3 Å². The van der Waals surface area contributed by atoms with Crippen molar-refractivity contribution >= 4 is 17.4 Å². The molecule has 0 radical (unpaired) electrons. The van der Waals surface area contributed by atoms with Gasteiger partial charge in [0.25, 0.3) is 5.91 Å². The van der Waals surface area contributed by atoms with E-state index in [9.17, 15) is 9.90 Å². The number of aliphatic hydroxyl groups is 1. The van der Waals surface area contributed by atoms with Gasteiger partial charge in [0, 0.05) is 12.1 Å². The zero-order chi connectivity index (χ0) is 17.3. The average Bonchev–Trinajstić information content (AvgIpc) is 2.91. The summed E-state index contributed by atoms with van der Waals surface area (Å²) in [5.41, 5.74) is 0.840. The fourth-order valence-corrected chi connectivity index (χ4v) is 2.60. The average molecular weight is 333 g/mol. The molecule has 2 atom stereocenters. The Labute approximate surface area is 140 Å². The molecule has 0 bridgehead atoms. The number of aromatic nitrogens is 3. The van der Waals surface area contributed by atoms with Crippen LogP contribution in [0.3, 0.4) is 0 Å². The molecule has 8 heteroatoms.